The maximum Gasteiger partial charge on any atom is 0.0590 e. The highest BCUT2D eigenvalue weighted by atomic mass is 15.4. The maximum atomic E-state index is 3.11. The van der Waals surface area contributed by atoms with Crippen LogP contribution in [0, 0.1) is 0 Å². The number of nitrogens with one attached hydrogen (secondary N) is 3. The number of hydrogen-bond donors (Lipinski definition) is 3. The summed E-state index contributed by atoms with van der Waals surface area (Å²) in [6, 6.07) is 0. The molecule has 1 aliphatic heterocycles. The van der Waals surface area contributed by atoms with E-state index in [4.69, 9.17) is 0 Å². The van der Waals surface area contributed by atoms with E-state index in [1.807, 2.05) is 13.8 Å². The molecule has 8 heavy (non-hydrogen) atoms. The van der Waals surface area contributed by atoms with E-state index in [1.54, 1.807) is 0 Å². The quantitative estimate of drug-likeness (QED) is 0.406. The predicted molar refractivity (Wildman–Crippen MR) is 35.4 cm³/mol. The Morgan fingerprint density at radius 1 is 1.00 bits per heavy atom. The molecule has 0 spiro atoms. The number of hydrazine groups is 1. The summed E-state index contributed by atoms with van der Waals surface area (Å²) in [7, 11) is 0. The highest BCUT2D eigenvalue weighted by molar-refractivity contribution is 4.51. The highest BCUT2D eigenvalue weighted by Crippen LogP contribution is 1.58. The van der Waals surface area contributed by atoms with Crippen LogP contribution in [0.1, 0.15) is 13.8 Å². The van der Waals surface area contributed by atoms with Crippen molar-refractivity contribution in [3.63, 3.8) is 0 Å². The summed E-state index contributed by atoms with van der Waals surface area (Å²) in [6.45, 7) is 6.99. The lowest BCUT2D eigenvalue weighted by Crippen LogP contribution is -2.49. The number of hydrogen-bond acceptors (Lipinski definition) is 3. The van der Waals surface area contributed by atoms with Gasteiger partial charge in [-0.25, -0.2) is 5.43 Å². The summed E-state index contributed by atoms with van der Waals surface area (Å²) in [5.41, 5.74) is 5.90. The first-order valence-corrected chi connectivity index (χ1v) is 3.16. The predicted octanol–water partition coefficient (Wildman–Crippen LogP) is -0.332. The molecule has 0 aromatic rings. The van der Waals surface area contributed by atoms with Gasteiger partial charge in [0.05, 0.1) is 6.67 Å². The molecule has 1 fully saturated rings. The van der Waals surface area contributed by atoms with E-state index >= 15 is 0 Å². The Morgan fingerprint density at radius 2 is 1.75 bits per heavy atom. The van der Waals surface area contributed by atoms with Crippen molar-refractivity contribution >= 4 is 0 Å². The van der Waals surface area contributed by atoms with E-state index in [1.165, 1.54) is 0 Å². The van der Waals surface area contributed by atoms with Crippen molar-refractivity contribution in [2.45, 2.75) is 13.8 Å². The highest BCUT2D eigenvalue weighted by Gasteiger charge is 1.89. The van der Waals surface area contributed by atoms with Gasteiger partial charge in [0.15, 0.2) is 0 Å². The van der Waals surface area contributed by atoms with Gasteiger partial charge in [-0.15, -0.1) is 0 Å². The summed E-state index contributed by atoms with van der Waals surface area (Å²) in [6.07, 6.45) is 0. The third kappa shape index (κ3) is 4.05. The molecule has 3 nitrogen and oxygen atoms in total. The summed E-state index contributed by atoms with van der Waals surface area (Å²) in [5, 5.41) is 3.11. The molecule has 0 atom stereocenters. The second-order valence-electron chi connectivity index (χ2n) is 1.28. The molecule has 0 aromatic carbocycles. The first-order valence-electron chi connectivity index (χ1n) is 3.16. The van der Waals surface area contributed by atoms with Gasteiger partial charge in [-0.2, -0.15) is 0 Å². The van der Waals surface area contributed by atoms with Gasteiger partial charge in [-0.1, -0.05) is 13.8 Å². The van der Waals surface area contributed by atoms with Gasteiger partial charge >= 0.3 is 0 Å². The van der Waals surface area contributed by atoms with Crippen molar-refractivity contribution in [3.05, 3.63) is 0 Å². The second-order valence-corrected chi connectivity index (χ2v) is 1.28. The molecule has 0 aromatic heterocycles. The zero-order valence-corrected chi connectivity index (χ0v) is 5.62. The van der Waals surface area contributed by atoms with Crippen molar-refractivity contribution in [3.8, 4) is 0 Å². The Labute approximate surface area is 50.8 Å². The summed E-state index contributed by atoms with van der Waals surface area (Å²) >= 11 is 0. The van der Waals surface area contributed by atoms with Gasteiger partial charge in [0.1, 0.15) is 0 Å². The Balaban J connectivity index is 0.000000222. The second kappa shape index (κ2) is 6.88. The average Bonchev–Trinajstić information content (AvgIpc) is 1.96. The smallest absolute Gasteiger partial charge is 0.0590 e. The monoisotopic (exact) mass is 117 g/mol. The fourth-order valence-electron chi connectivity index (χ4n) is 0.453. The zero-order chi connectivity index (χ0) is 6.24. The molecule has 1 saturated heterocycles. The van der Waals surface area contributed by atoms with Crippen LogP contribution >= 0.6 is 0 Å². The van der Waals surface area contributed by atoms with Gasteiger partial charge in [0.25, 0.3) is 0 Å². The minimum absolute atomic E-state index is 0.889. The van der Waals surface area contributed by atoms with Crippen LogP contribution in [0.4, 0.5) is 0 Å². The molecule has 0 unspecified atom stereocenters. The average molecular weight is 117 g/mol. The largest absolute Gasteiger partial charge is 0.302 e. The van der Waals surface area contributed by atoms with Crippen LogP contribution in [-0.2, 0) is 0 Å². The van der Waals surface area contributed by atoms with Crippen molar-refractivity contribution in [1.29, 1.82) is 0 Å². The SMILES string of the molecule is C1CNNCN1.CC. The van der Waals surface area contributed by atoms with Gasteiger partial charge in [-0.05, 0) is 0 Å². The Kier molecular flexibility index (Phi) is 6.78. The standard InChI is InChI=1S/C3H9N3.C2H6/c1-2-5-6-3-4-1;1-2/h4-6H,1-3H2;1-2H3. The maximum absolute atomic E-state index is 3.11. The van der Waals surface area contributed by atoms with E-state index in [0.29, 0.717) is 0 Å². The molecule has 0 radical (unpaired) electrons. The third-order valence-electron chi connectivity index (χ3n) is 0.765. The van der Waals surface area contributed by atoms with Crippen LogP contribution in [0.5, 0.6) is 0 Å². The first kappa shape index (κ1) is 7.88. The van der Waals surface area contributed by atoms with E-state index < -0.39 is 0 Å². The molecule has 50 valence electrons. The summed E-state index contributed by atoms with van der Waals surface area (Å²) < 4.78 is 0. The summed E-state index contributed by atoms with van der Waals surface area (Å²) in [5.74, 6) is 0. The van der Waals surface area contributed by atoms with Gasteiger partial charge in [-0.3, -0.25) is 5.43 Å². The van der Waals surface area contributed by atoms with Crippen LogP contribution < -0.4 is 16.2 Å². The molecule has 0 aliphatic carbocycles. The molecule has 3 heteroatoms. The molecular weight excluding hydrogens is 102 g/mol. The van der Waals surface area contributed by atoms with E-state index in [0.717, 1.165) is 19.8 Å². The van der Waals surface area contributed by atoms with Crippen LogP contribution in [0.25, 0.3) is 0 Å². The van der Waals surface area contributed by atoms with Crippen molar-refractivity contribution in [2.24, 2.45) is 0 Å². The first-order chi connectivity index (χ1) is 4.00. The lowest BCUT2D eigenvalue weighted by atomic mass is 10.6. The minimum Gasteiger partial charge on any atom is -0.302 e. The van der Waals surface area contributed by atoms with Gasteiger partial charge in [0, 0.05) is 13.1 Å². The Bertz CT molecular complexity index is 23.1. The molecule has 0 amide bonds. The van der Waals surface area contributed by atoms with E-state index in [9.17, 15) is 0 Å². The van der Waals surface area contributed by atoms with Crippen LogP contribution in [0.15, 0.2) is 0 Å². The molecule has 3 N–H and O–H groups in total. The lowest BCUT2D eigenvalue weighted by Gasteiger charge is -2.13. The fourth-order valence-corrected chi connectivity index (χ4v) is 0.453. The zero-order valence-electron chi connectivity index (χ0n) is 5.62. The third-order valence-corrected chi connectivity index (χ3v) is 0.765. The van der Waals surface area contributed by atoms with Crippen molar-refractivity contribution in [2.75, 3.05) is 19.8 Å². The summed E-state index contributed by atoms with van der Waals surface area (Å²) in [4.78, 5) is 0. The van der Waals surface area contributed by atoms with Crippen molar-refractivity contribution in [1.82, 2.24) is 16.2 Å². The molecule has 0 saturated carbocycles. The lowest BCUT2D eigenvalue weighted by molar-refractivity contribution is 0.425. The Morgan fingerprint density at radius 3 is 1.88 bits per heavy atom. The minimum atomic E-state index is 0.889. The molecule has 1 aliphatic rings. The Hall–Kier alpha value is -0.120. The fraction of sp³-hybridized carbons (Fsp3) is 1.00. The van der Waals surface area contributed by atoms with Gasteiger partial charge in [0.2, 0.25) is 0 Å². The normalized spacial score (nSPS) is 18.8. The molecular formula is C5H15N3. The number of rotatable bonds is 0. The van der Waals surface area contributed by atoms with Crippen LogP contribution in [0.2, 0.25) is 0 Å². The molecule has 0 bridgehead atoms. The molecule has 1 rings (SSSR count). The van der Waals surface area contributed by atoms with Crippen LogP contribution in [-0.4, -0.2) is 19.8 Å². The van der Waals surface area contributed by atoms with Gasteiger partial charge < -0.3 is 5.32 Å². The van der Waals surface area contributed by atoms with Crippen molar-refractivity contribution < 1.29 is 0 Å². The van der Waals surface area contributed by atoms with Crippen LogP contribution in [0.3, 0.4) is 0 Å². The topological polar surface area (TPSA) is 36.1 Å². The van der Waals surface area contributed by atoms with E-state index in [2.05, 4.69) is 16.2 Å². The van der Waals surface area contributed by atoms with E-state index in [-0.39, 0.29) is 0 Å². The molecule has 1 heterocycles.